The second kappa shape index (κ2) is 5.35. The van der Waals surface area contributed by atoms with E-state index in [0.29, 0.717) is 0 Å². The maximum absolute atomic E-state index is 11.2. The lowest BCUT2D eigenvalue weighted by molar-refractivity contribution is -0.132. The topological polar surface area (TPSA) is 57.6 Å². The lowest BCUT2D eigenvalue weighted by Crippen LogP contribution is -2.33. The Hall–Kier alpha value is -1.32. The fraction of sp³-hybridized carbons (Fsp3) is 0.556. The van der Waals surface area contributed by atoms with E-state index in [1.165, 1.54) is 4.90 Å². The molecule has 0 radical (unpaired) electrons. The molecule has 4 heteroatoms. The van der Waals surface area contributed by atoms with Crippen molar-refractivity contribution in [1.29, 1.82) is 0 Å². The summed E-state index contributed by atoms with van der Waals surface area (Å²) in [6.45, 7) is 3.88. The monoisotopic (exact) mass is 185 g/mol. The number of carboxylic acids is 1. The van der Waals surface area contributed by atoms with Gasteiger partial charge >= 0.3 is 5.97 Å². The number of likely N-dealkylation sites (N-methyl/N-ethyl adjacent to an activating group) is 1. The Balaban J connectivity index is 4.19. The highest BCUT2D eigenvalue weighted by Gasteiger charge is 2.10. The van der Waals surface area contributed by atoms with Crippen LogP contribution < -0.4 is 0 Å². The van der Waals surface area contributed by atoms with Gasteiger partial charge in [-0.2, -0.15) is 0 Å². The average Bonchev–Trinajstić information content (AvgIpc) is 2.11. The number of hydrogen-bond donors (Lipinski definition) is 1. The number of carbonyl (C=O) groups excluding carboxylic acids is 1. The van der Waals surface area contributed by atoms with Gasteiger partial charge in [0, 0.05) is 25.2 Å². The summed E-state index contributed by atoms with van der Waals surface area (Å²) in [5.41, 5.74) is 0. The van der Waals surface area contributed by atoms with Crippen molar-refractivity contribution < 1.29 is 14.7 Å². The highest BCUT2D eigenvalue weighted by atomic mass is 16.4. The summed E-state index contributed by atoms with van der Waals surface area (Å²) < 4.78 is 0. The number of aliphatic carboxylic acids is 1. The van der Waals surface area contributed by atoms with Gasteiger partial charge in [0.15, 0.2) is 0 Å². The van der Waals surface area contributed by atoms with Crippen LogP contribution in [0.3, 0.4) is 0 Å². The molecule has 0 fully saturated rings. The molecule has 0 aliphatic carbocycles. The van der Waals surface area contributed by atoms with Crippen molar-refractivity contribution in [3.05, 3.63) is 12.2 Å². The molecule has 4 nitrogen and oxygen atoms in total. The second-order valence-electron chi connectivity index (χ2n) is 2.88. The van der Waals surface area contributed by atoms with E-state index >= 15 is 0 Å². The van der Waals surface area contributed by atoms with Crippen molar-refractivity contribution >= 4 is 11.9 Å². The van der Waals surface area contributed by atoms with Crippen LogP contribution in [0.25, 0.3) is 0 Å². The summed E-state index contributed by atoms with van der Waals surface area (Å²) in [5, 5.41) is 8.28. The highest BCUT2D eigenvalue weighted by Crippen LogP contribution is 2.00. The van der Waals surface area contributed by atoms with E-state index in [4.69, 9.17) is 5.11 Å². The Bertz CT molecular complexity index is 223. The van der Waals surface area contributed by atoms with Crippen molar-refractivity contribution in [3.63, 3.8) is 0 Å². The van der Waals surface area contributed by atoms with E-state index in [0.717, 1.165) is 18.6 Å². The van der Waals surface area contributed by atoms with Gasteiger partial charge in [0.2, 0.25) is 5.91 Å². The Kier molecular flexibility index (Phi) is 4.80. The van der Waals surface area contributed by atoms with Gasteiger partial charge in [-0.25, -0.2) is 4.79 Å². The van der Waals surface area contributed by atoms with Gasteiger partial charge in [0.1, 0.15) is 0 Å². The molecular weight excluding hydrogens is 170 g/mol. The van der Waals surface area contributed by atoms with Crippen molar-refractivity contribution in [3.8, 4) is 0 Å². The van der Waals surface area contributed by atoms with Crippen LogP contribution in [0.1, 0.15) is 20.3 Å². The van der Waals surface area contributed by atoms with Crippen molar-refractivity contribution in [1.82, 2.24) is 4.90 Å². The Morgan fingerprint density at radius 3 is 2.38 bits per heavy atom. The third-order valence-electron chi connectivity index (χ3n) is 1.97. The van der Waals surface area contributed by atoms with E-state index in [1.54, 1.807) is 7.05 Å². The zero-order valence-corrected chi connectivity index (χ0v) is 8.15. The van der Waals surface area contributed by atoms with Crippen LogP contribution in [0.5, 0.6) is 0 Å². The molecule has 0 aromatic carbocycles. The smallest absolute Gasteiger partial charge is 0.328 e. The minimum absolute atomic E-state index is 0.131. The Labute approximate surface area is 77.8 Å². The minimum Gasteiger partial charge on any atom is -0.478 e. The summed E-state index contributed by atoms with van der Waals surface area (Å²) in [5.74, 6) is -1.39. The summed E-state index contributed by atoms with van der Waals surface area (Å²) in [6, 6.07) is 0.131. The molecular formula is C9H15NO3. The normalized spacial score (nSPS) is 12.8. The molecule has 0 aromatic heterocycles. The molecule has 0 rings (SSSR count). The third-order valence-corrected chi connectivity index (χ3v) is 1.97. The van der Waals surface area contributed by atoms with Crippen LogP contribution in [0.15, 0.2) is 12.2 Å². The largest absolute Gasteiger partial charge is 0.478 e. The number of carbonyl (C=O) groups is 2. The van der Waals surface area contributed by atoms with Crippen LogP contribution in [0, 0.1) is 0 Å². The molecule has 0 bridgehead atoms. The first-order valence-corrected chi connectivity index (χ1v) is 4.16. The molecule has 0 spiro atoms. The maximum Gasteiger partial charge on any atom is 0.328 e. The molecule has 1 unspecified atom stereocenters. The number of hydrogen-bond acceptors (Lipinski definition) is 2. The van der Waals surface area contributed by atoms with E-state index in [2.05, 4.69) is 0 Å². The predicted octanol–water partition coefficient (Wildman–Crippen LogP) is 0.884. The standard InChI is InChI=1S/C9H15NO3/c1-4-7(2)10(3)8(11)5-6-9(12)13/h5-7H,4H2,1-3H3,(H,12,13)/b6-5+. The first kappa shape index (κ1) is 11.7. The lowest BCUT2D eigenvalue weighted by atomic mass is 10.2. The van der Waals surface area contributed by atoms with Gasteiger partial charge in [0.25, 0.3) is 0 Å². The zero-order chi connectivity index (χ0) is 10.4. The van der Waals surface area contributed by atoms with E-state index < -0.39 is 5.97 Å². The van der Waals surface area contributed by atoms with E-state index in [9.17, 15) is 9.59 Å². The zero-order valence-electron chi connectivity index (χ0n) is 8.15. The average molecular weight is 185 g/mol. The highest BCUT2D eigenvalue weighted by molar-refractivity contribution is 5.93. The molecule has 0 saturated heterocycles. The number of amides is 1. The van der Waals surface area contributed by atoms with Crippen LogP contribution in [0.4, 0.5) is 0 Å². The fourth-order valence-electron chi connectivity index (χ4n) is 0.751. The summed E-state index contributed by atoms with van der Waals surface area (Å²) >= 11 is 0. The molecule has 1 amide bonds. The van der Waals surface area contributed by atoms with Crippen LogP contribution in [-0.4, -0.2) is 35.0 Å². The summed E-state index contributed by atoms with van der Waals surface area (Å²) in [6.07, 6.45) is 2.76. The van der Waals surface area contributed by atoms with Crippen molar-refractivity contribution in [2.75, 3.05) is 7.05 Å². The van der Waals surface area contributed by atoms with E-state index in [1.807, 2.05) is 13.8 Å². The van der Waals surface area contributed by atoms with E-state index in [-0.39, 0.29) is 11.9 Å². The van der Waals surface area contributed by atoms with Gasteiger partial charge in [0.05, 0.1) is 0 Å². The maximum atomic E-state index is 11.2. The van der Waals surface area contributed by atoms with Crippen LogP contribution >= 0.6 is 0 Å². The van der Waals surface area contributed by atoms with Crippen molar-refractivity contribution in [2.24, 2.45) is 0 Å². The molecule has 0 saturated carbocycles. The molecule has 1 N–H and O–H groups in total. The molecule has 74 valence electrons. The van der Waals surface area contributed by atoms with Gasteiger partial charge < -0.3 is 10.0 Å². The first-order chi connectivity index (χ1) is 5.99. The van der Waals surface area contributed by atoms with Gasteiger partial charge in [-0.3, -0.25) is 4.79 Å². The first-order valence-electron chi connectivity index (χ1n) is 4.16. The summed E-state index contributed by atoms with van der Waals surface area (Å²) in [4.78, 5) is 22.8. The second-order valence-corrected chi connectivity index (χ2v) is 2.88. The Morgan fingerprint density at radius 2 is 2.00 bits per heavy atom. The van der Waals surface area contributed by atoms with Gasteiger partial charge in [-0.05, 0) is 13.3 Å². The lowest BCUT2D eigenvalue weighted by Gasteiger charge is -2.21. The fourth-order valence-corrected chi connectivity index (χ4v) is 0.751. The third kappa shape index (κ3) is 4.30. The number of rotatable bonds is 4. The molecule has 0 aliphatic rings. The minimum atomic E-state index is -1.11. The van der Waals surface area contributed by atoms with Gasteiger partial charge in [-0.15, -0.1) is 0 Å². The molecule has 1 atom stereocenters. The Morgan fingerprint density at radius 1 is 1.46 bits per heavy atom. The predicted molar refractivity (Wildman–Crippen MR) is 49.3 cm³/mol. The van der Waals surface area contributed by atoms with Crippen LogP contribution in [-0.2, 0) is 9.59 Å². The SMILES string of the molecule is CCC(C)N(C)C(=O)/C=C/C(=O)O. The van der Waals surface area contributed by atoms with Crippen LogP contribution in [0.2, 0.25) is 0 Å². The van der Waals surface area contributed by atoms with Crippen molar-refractivity contribution in [2.45, 2.75) is 26.3 Å². The molecule has 0 heterocycles. The number of nitrogens with zero attached hydrogens (tertiary/aromatic N) is 1. The quantitative estimate of drug-likeness (QED) is 0.661. The summed E-state index contributed by atoms with van der Waals surface area (Å²) in [7, 11) is 1.66. The molecule has 0 aliphatic heterocycles. The molecule has 0 aromatic rings. The van der Waals surface area contributed by atoms with Gasteiger partial charge in [-0.1, -0.05) is 6.92 Å². The molecule has 13 heavy (non-hydrogen) atoms. The number of carboxylic acid groups (broad SMARTS) is 1.